The van der Waals surface area contributed by atoms with E-state index in [4.69, 9.17) is 5.73 Å². The minimum Gasteiger partial charge on any atom is -0.338 e. The molecule has 0 spiro atoms. The Kier molecular flexibility index (Phi) is 3.61. The smallest absolute Gasteiger partial charge is 0.338 e. The van der Waals surface area contributed by atoms with Gasteiger partial charge in [-0.2, -0.15) is 13.2 Å². The molecule has 0 aliphatic heterocycles. The number of nitrogens with zero attached hydrogens (tertiary/aromatic N) is 2. The summed E-state index contributed by atoms with van der Waals surface area (Å²) in [5.74, 6) is 0.657. The number of aromatic nitrogens is 2. The van der Waals surface area contributed by atoms with E-state index in [1.807, 2.05) is 0 Å². The fourth-order valence-corrected chi connectivity index (χ4v) is 1.98. The standard InChI is InChI=1S/C13H14F3N3/c1-19-7-6-18-12(19)8-11(17)9-4-2-3-5-10(9)13(14,15)16/h2-7,11H,8,17H2,1H3. The third kappa shape index (κ3) is 2.96. The number of halogens is 3. The monoisotopic (exact) mass is 269 g/mol. The highest BCUT2D eigenvalue weighted by molar-refractivity contribution is 5.32. The van der Waals surface area contributed by atoms with Crippen LogP contribution >= 0.6 is 0 Å². The molecule has 6 heteroatoms. The van der Waals surface area contributed by atoms with Crippen molar-refractivity contribution >= 4 is 0 Å². The van der Waals surface area contributed by atoms with Gasteiger partial charge in [-0.15, -0.1) is 0 Å². The third-order valence-electron chi connectivity index (χ3n) is 2.99. The lowest BCUT2D eigenvalue weighted by Crippen LogP contribution is -2.20. The number of nitrogens with two attached hydrogens (primary N) is 1. The van der Waals surface area contributed by atoms with Gasteiger partial charge in [0.15, 0.2) is 0 Å². The number of hydrogen-bond donors (Lipinski definition) is 1. The van der Waals surface area contributed by atoms with E-state index in [0.717, 1.165) is 6.07 Å². The first-order valence-corrected chi connectivity index (χ1v) is 5.77. The van der Waals surface area contributed by atoms with Crippen LogP contribution in [0.1, 0.15) is 23.0 Å². The van der Waals surface area contributed by atoms with Crippen LogP contribution in [-0.4, -0.2) is 9.55 Å². The van der Waals surface area contributed by atoms with Gasteiger partial charge < -0.3 is 10.3 Å². The molecule has 0 aliphatic carbocycles. The Labute approximate surface area is 108 Å². The Hall–Kier alpha value is -1.82. The molecular formula is C13H14F3N3. The summed E-state index contributed by atoms with van der Waals surface area (Å²) >= 11 is 0. The quantitative estimate of drug-likeness (QED) is 0.931. The van der Waals surface area contributed by atoms with Crippen molar-refractivity contribution in [3.05, 3.63) is 53.6 Å². The van der Waals surface area contributed by atoms with Crippen molar-refractivity contribution in [1.29, 1.82) is 0 Å². The lowest BCUT2D eigenvalue weighted by atomic mass is 9.98. The zero-order valence-corrected chi connectivity index (χ0v) is 10.4. The summed E-state index contributed by atoms with van der Waals surface area (Å²) in [6.45, 7) is 0. The summed E-state index contributed by atoms with van der Waals surface area (Å²) in [5, 5.41) is 0. The number of hydrogen-bond acceptors (Lipinski definition) is 2. The maximum atomic E-state index is 12.9. The van der Waals surface area contributed by atoms with Gasteiger partial charge in [0.05, 0.1) is 5.56 Å². The van der Waals surface area contributed by atoms with Crippen molar-refractivity contribution in [2.45, 2.75) is 18.6 Å². The molecule has 0 fully saturated rings. The Morgan fingerprint density at radius 2 is 2.00 bits per heavy atom. The molecule has 2 N–H and O–H groups in total. The van der Waals surface area contributed by atoms with Crippen LogP contribution in [0.15, 0.2) is 36.7 Å². The molecule has 19 heavy (non-hydrogen) atoms. The van der Waals surface area contributed by atoms with Gasteiger partial charge in [0.2, 0.25) is 0 Å². The Balaban J connectivity index is 2.29. The highest BCUT2D eigenvalue weighted by Gasteiger charge is 2.34. The maximum absolute atomic E-state index is 12.9. The van der Waals surface area contributed by atoms with Gasteiger partial charge in [0.25, 0.3) is 0 Å². The summed E-state index contributed by atoms with van der Waals surface area (Å²) < 4.78 is 40.4. The fourth-order valence-electron chi connectivity index (χ4n) is 1.98. The molecule has 102 valence electrons. The zero-order valence-electron chi connectivity index (χ0n) is 10.4. The van der Waals surface area contributed by atoms with Crippen LogP contribution in [-0.2, 0) is 19.6 Å². The van der Waals surface area contributed by atoms with E-state index in [1.54, 1.807) is 30.1 Å². The highest BCUT2D eigenvalue weighted by atomic mass is 19.4. The average molecular weight is 269 g/mol. The lowest BCUT2D eigenvalue weighted by Gasteiger charge is -2.18. The predicted molar refractivity (Wildman–Crippen MR) is 65.3 cm³/mol. The minimum atomic E-state index is -4.39. The first kappa shape index (κ1) is 13.6. The van der Waals surface area contributed by atoms with Crippen molar-refractivity contribution in [1.82, 2.24) is 9.55 Å². The molecule has 1 atom stereocenters. The van der Waals surface area contributed by atoms with Crippen LogP contribution in [0.5, 0.6) is 0 Å². The van der Waals surface area contributed by atoms with E-state index < -0.39 is 17.8 Å². The van der Waals surface area contributed by atoms with Gasteiger partial charge in [-0.1, -0.05) is 18.2 Å². The van der Waals surface area contributed by atoms with Crippen LogP contribution in [0, 0.1) is 0 Å². The normalized spacial score (nSPS) is 13.5. The summed E-state index contributed by atoms with van der Waals surface area (Å²) in [5.41, 5.74) is 5.31. The predicted octanol–water partition coefficient (Wildman–Crippen LogP) is 2.68. The van der Waals surface area contributed by atoms with Gasteiger partial charge in [-0.05, 0) is 11.6 Å². The van der Waals surface area contributed by atoms with Crippen LogP contribution < -0.4 is 5.73 Å². The summed E-state index contributed by atoms with van der Waals surface area (Å²) in [7, 11) is 1.78. The Bertz CT molecular complexity index is 560. The van der Waals surface area contributed by atoms with E-state index >= 15 is 0 Å². The molecule has 0 bridgehead atoms. The molecule has 0 saturated heterocycles. The van der Waals surface area contributed by atoms with Crippen molar-refractivity contribution in [2.24, 2.45) is 12.8 Å². The Morgan fingerprint density at radius 1 is 1.32 bits per heavy atom. The fraction of sp³-hybridized carbons (Fsp3) is 0.308. The molecule has 1 aromatic carbocycles. The number of alkyl halides is 3. The highest BCUT2D eigenvalue weighted by Crippen LogP contribution is 2.34. The molecule has 2 rings (SSSR count). The minimum absolute atomic E-state index is 0.0954. The Morgan fingerprint density at radius 3 is 2.58 bits per heavy atom. The topological polar surface area (TPSA) is 43.8 Å². The molecule has 3 nitrogen and oxygen atoms in total. The first-order valence-electron chi connectivity index (χ1n) is 5.77. The molecule has 1 aromatic heterocycles. The number of aryl methyl sites for hydroxylation is 1. The van der Waals surface area contributed by atoms with Gasteiger partial charge >= 0.3 is 6.18 Å². The SMILES string of the molecule is Cn1ccnc1CC(N)c1ccccc1C(F)(F)F. The molecule has 0 radical (unpaired) electrons. The number of rotatable bonds is 3. The summed E-state index contributed by atoms with van der Waals surface area (Å²) in [6, 6.07) is 4.64. The van der Waals surface area contributed by atoms with Crippen molar-refractivity contribution in [2.75, 3.05) is 0 Å². The summed E-state index contributed by atoms with van der Waals surface area (Å²) in [4.78, 5) is 4.07. The first-order chi connectivity index (χ1) is 8.89. The van der Waals surface area contributed by atoms with Gasteiger partial charge in [-0.25, -0.2) is 4.98 Å². The van der Waals surface area contributed by atoms with E-state index in [0.29, 0.717) is 5.82 Å². The molecule has 0 saturated carbocycles. The van der Waals surface area contributed by atoms with Crippen LogP contribution in [0.3, 0.4) is 0 Å². The molecule has 1 unspecified atom stereocenters. The molecule has 0 amide bonds. The zero-order chi connectivity index (χ0) is 14.0. The van der Waals surface area contributed by atoms with Crippen LogP contribution in [0.25, 0.3) is 0 Å². The molecule has 1 heterocycles. The molecule has 2 aromatic rings. The van der Waals surface area contributed by atoms with E-state index in [2.05, 4.69) is 4.98 Å². The van der Waals surface area contributed by atoms with Crippen molar-refractivity contribution < 1.29 is 13.2 Å². The summed E-state index contributed by atoms with van der Waals surface area (Å²) in [6.07, 6.45) is -0.804. The maximum Gasteiger partial charge on any atom is 0.416 e. The van der Waals surface area contributed by atoms with Crippen molar-refractivity contribution in [3.63, 3.8) is 0 Å². The molecular weight excluding hydrogens is 255 g/mol. The van der Waals surface area contributed by atoms with Crippen LogP contribution in [0.4, 0.5) is 13.2 Å². The average Bonchev–Trinajstić information content (AvgIpc) is 2.74. The van der Waals surface area contributed by atoms with Gasteiger partial charge in [-0.3, -0.25) is 0 Å². The van der Waals surface area contributed by atoms with E-state index in [1.165, 1.54) is 12.1 Å². The number of imidazole rings is 1. The van der Waals surface area contributed by atoms with E-state index in [9.17, 15) is 13.2 Å². The van der Waals surface area contributed by atoms with Crippen LogP contribution in [0.2, 0.25) is 0 Å². The lowest BCUT2D eigenvalue weighted by molar-refractivity contribution is -0.138. The second kappa shape index (κ2) is 5.05. The number of benzene rings is 1. The van der Waals surface area contributed by atoms with Gasteiger partial charge in [0, 0.05) is 31.9 Å². The molecule has 0 aliphatic rings. The van der Waals surface area contributed by atoms with Gasteiger partial charge in [0.1, 0.15) is 5.82 Å². The second-order valence-electron chi connectivity index (χ2n) is 4.35. The third-order valence-corrected chi connectivity index (χ3v) is 2.99. The van der Waals surface area contributed by atoms with E-state index in [-0.39, 0.29) is 12.0 Å². The second-order valence-corrected chi connectivity index (χ2v) is 4.35. The largest absolute Gasteiger partial charge is 0.416 e. The van der Waals surface area contributed by atoms with Crippen molar-refractivity contribution in [3.8, 4) is 0 Å².